The smallest absolute Gasteiger partial charge is 0.217 e. The maximum absolute atomic E-state index is 5.68. The van der Waals surface area contributed by atoms with Crippen LogP contribution in [0.4, 0.5) is 0 Å². The van der Waals surface area contributed by atoms with E-state index in [0.717, 1.165) is 47.0 Å². The summed E-state index contributed by atoms with van der Waals surface area (Å²) in [5.74, 6) is 2.57. The second-order valence-electron chi connectivity index (χ2n) is 18.3. The molecule has 4 bridgehead atoms. The summed E-state index contributed by atoms with van der Waals surface area (Å²) >= 11 is 0. The lowest BCUT2D eigenvalue weighted by atomic mass is 9.68. The molecule has 12 rings (SSSR count). The monoisotopic (exact) mass is 746 g/mol. The Morgan fingerprint density at radius 2 is 1.22 bits per heavy atom. The van der Waals surface area contributed by atoms with Gasteiger partial charge in [0.1, 0.15) is 5.54 Å². The third-order valence-corrected chi connectivity index (χ3v) is 13.7. The van der Waals surface area contributed by atoms with E-state index in [1.807, 2.05) is 0 Å². The molecule has 0 saturated carbocycles. The van der Waals surface area contributed by atoms with Crippen LogP contribution in [-0.4, -0.2) is 9.97 Å². The number of aryl methyl sites for hydroxylation is 1. The zero-order valence-electron chi connectivity index (χ0n) is 33.7. The predicted molar refractivity (Wildman–Crippen MR) is 237 cm³/mol. The highest BCUT2D eigenvalue weighted by molar-refractivity contribution is 5.96. The number of aromatic nitrogens is 3. The molecule has 0 amide bonds. The average Bonchev–Trinajstić information content (AvgIpc) is 3.71. The Bertz CT molecular complexity index is 3140. The van der Waals surface area contributed by atoms with Crippen LogP contribution in [0.1, 0.15) is 85.5 Å². The zero-order valence-corrected chi connectivity index (χ0v) is 33.7. The fourth-order valence-electron chi connectivity index (χ4n) is 10.7. The van der Waals surface area contributed by atoms with Gasteiger partial charge in [0.25, 0.3) is 11.6 Å². The van der Waals surface area contributed by atoms with Crippen molar-refractivity contribution in [1.82, 2.24) is 9.97 Å². The van der Waals surface area contributed by atoms with Crippen molar-refractivity contribution in [3.05, 3.63) is 190 Å². The second-order valence-corrected chi connectivity index (χ2v) is 18.3. The number of hydrogen-bond acceptors (Lipinski definition) is 2. The largest absolute Gasteiger partial charge is 0.308 e. The van der Waals surface area contributed by atoms with Gasteiger partial charge in [-0.05, 0) is 146 Å². The van der Waals surface area contributed by atoms with Crippen LogP contribution in [0.15, 0.2) is 146 Å². The lowest BCUT2D eigenvalue weighted by Crippen LogP contribution is -2.57. The Morgan fingerprint density at radius 1 is 0.552 bits per heavy atom. The molecule has 1 unspecified atom stereocenters. The van der Waals surface area contributed by atoms with Gasteiger partial charge in [-0.15, -0.1) is 0 Å². The highest BCUT2D eigenvalue weighted by Gasteiger charge is 2.53. The predicted octanol–water partition coefficient (Wildman–Crippen LogP) is 12.6. The zero-order chi connectivity index (χ0) is 39.1. The number of allylic oxidation sites excluding steroid dienone is 1. The SMILES string of the molecule is CC(C)(C)c1ccc2c(c1)C13c4ccccc4-c4ccc(cc41)-c1nc(-c4ccc5ccccc5c4)nc(-c4cccc5c4C=CCC5)[n+]1C(C)(C)c1ccc-2c3c1. The lowest BCUT2D eigenvalue weighted by molar-refractivity contribution is -0.731. The Kier molecular flexibility index (Phi) is 6.72. The van der Waals surface area contributed by atoms with Gasteiger partial charge in [0.05, 0.1) is 22.1 Å². The fraction of sp³-hybridized carbons (Fsp3) is 0.182. The van der Waals surface area contributed by atoms with Crippen molar-refractivity contribution in [2.45, 2.75) is 63.8 Å². The van der Waals surface area contributed by atoms with Crippen molar-refractivity contribution in [3.8, 4) is 56.4 Å². The van der Waals surface area contributed by atoms with Gasteiger partial charge in [-0.1, -0.05) is 146 Å². The molecule has 3 aliphatic carbocycles. The highest BCUT2D eigenvalue weighted by Crippen LogP contribution is 2.64. The van der Waals surface area contributed by atoms with Gasteiger partial charge in [0.2, 0.25) is 0 Å². The molecule has 3 heteroatoms. The van der Waals surface area contributed by atoms with Crippen molar-refractivity contribution in [1.29, 1.82) is 0 Å². The van der Waals surface area contributed by atoms with Crippen molar-refractivity contribution in [2.24, 2.45) is 0 Å². The molecule has 1 aromatic heterocycles. The van der Waals surface area contributed by atoms with Crippen molar-refractivity contribution in [3.63, 3.8) is 0 Å². The first kappa shape index (κ1) is 33.7. The first-order chi connectivity index (χ1) is 28.1. The molecule has 2 heterocycles. The van der Waals surface area contributed by atoms with Crippen LogP contribution in [0.25, 0.3) is 73.3 Å². The summed E-state index contributed by atoms with van der Waals surface area (Å²) in [5, 5.41) is 2.38. The standard InChI is InChI=1S/C55H44N3/c1-53(2,3)38-24-27-43-44-28-25-39-32-49(44)55(48(43)31-38)46-20-11-10-18-41(46)42-26-23-37(30-47(42)55)51-56-50(36-22-21-33-13-6-7-15-35(33)29-36)57-52(58(51)54(39,4)5)45-19-12-16-34-14-8-9-17-40(34)45/h6-7,9-13,15-32H,8,14H2,1-5H3/q+1. The van der Waals surface area contributed by atoms with Gasteiger partial charge >= 0.3 is 5.82 Å². The third-order valence-electron chi connectivity index (χ3n) is 13.7. The highest BCUT2D eigenvalue weighted by atomic mass is 15.2. The average molecular weight is 747 g/mol. The van der Waals surface area contributed by atoms with E-state index >= 15 is 0 Å². The van der Waals surface area contributed by atoms with Crippen LogP contribution in [0.2, 0.25) is 0 Å². The maximum Gasteiger partial charge on any atom is 0.308 e. The van der Waals surface area contributed by atoms with Crippen LogP contribution in [0, 0.1) is 0 Å². The third kappa shape index (κ3) is 4.42. The molecule has 1 aliphatic heterocycles. The first-order valence-electron chi connectivity index (χ1n) is 20.8. The molecular formula is C55H44N3+. The molecule has 278 valence electrons. The Hall–Kier alpha value is -6.45. The summed E-state index contributed by atoms with van der Waals surface area (Å²) in [5.41, 5.74) is 18.1. The number of fused-ring (bicyclic) bond motifs is 10. The molecule has 0 radical (unpaired) electrons. The Balaban J connectivity index is 1.24. The summed E-state index contributed by atoms with van der Waals surface area (Å²) in [6.07, 6.45) is 6.69. The molecular weight excluding hydrogens is 703 g/mol. The van der Waals surface area contributed by atoms with Crippen molar-refractivity contribution >= 4 is 16.8 Å². The molecule has 58 heavy (non-hydrogen) atoms. The molecule has 7 aromatic carbocycles. The van der Waals surface area contributed by atoms with Crippen LogP contribution >= 0.6 is 0 Å². The molecule has 0 saturated heterocycles. The van der Waals surface area contributed by atoms with Crippen molar-refractivity contribution in [2.75, 3.05) is 0 Å². The normalized spacial score (nSPS) is 17.4. The van der Waals surface area contributed by atoms with E-state index < -0.39 is 11.0 Å². The van der Waals surface area contributed by atoms with E-state index in [2.05, 4.69) is 191 Å². The van der Waals surface area contributed by atoms with E-state index in [0.29, 0.717) is 0 Å². The molecule has 0 N–H and O–H groups in total. The molecule has 4 aliphatic rings. The summed E-state index contributed by atoms with van der Waals surface area (Å²) in [6.45, 7) is 11.7. The summed E-state index contributed by atoms with van der Waals surface area (Å²) in [6, 6.07) is 52.8. The van der Waals surface area contributed by atoms with E-state index in [1.54, 1.807) is 0 Å². The molecule has 1 atom stereocenters. The number of hydrogen-bond donors (Lipinski definition) is 0. The Labute approximate surface area is 340 Å². The summed E-state index contributed by atoms with van der Waals surface area (Å²) < 4.78 is 2.45. The lowest BCUT2D eigenvalue weighted by Gasteiger charge is -2.35. The van der Waals surface area contributed by atoms with Gasteiger partial charge in [-0.25, -0.2) is 4.57 Å². The van der Waals surface area contributed by atoms with Crippen LogP contribution in [-0.2, 0) is 22.8 Å². The minimum atomic E-state index is -0.552. The van der Waals surface area contributed by atoms with Gasteiger partial charge < -0.3 is 0 Å². The molecule has 3 nitrogen and oxygen atoms in total. The number of nitrogens with zero attached hydrogens (tertiary/aromatic N) is 3. The van der Waals surface area contributed by atoms with Crippen LogP contribution in [0.5, 0.6) is 0 Å². The molecule has 8 aromatic rings. The quantitative estimate of drug-likeness (QED) is 0.165. The summed E-state index contributed by atoms with van der Waals surface area (Å²) in [7, 11) is 0. The van der Waals surface area contributed by atoms with Gasteiger partial charge in [0.15, 0.2) is 0 Å². The van der Waals surface area contributed by atoms with E-state index in [-0.39, 0.29) is 5.41 Å². The minimum Gasteiger partial charge on any atom is -0.217 e. The first-order valence-corrected chi connectivity index (χ1v) is 20.8. The van der Waals surface area contributed by atoms with E-state index in [4.69, 9.17) is 9.97 Å². The van der Waals surface area contributed by atoms with E-state index in [9.17, 15) is 0 Å². The molecule has 0 fully saturated rings. The minimum absolute atomic E-state index is 0.000266. The van der Waals surface area contributed by atoms with Crippen LogP contribution in [0.3, 0.4) is 0 Å². The van der Waals surface area contributed by atoms with Gasteiger partial charge in [-0.3, -0.25) is 0 Å². The van der Waals surface area contributed by atoms with Gasteiger partial charge in [-0.2, -0.15) is 0 Å². The maximum atomic E-state index is 5.68. The van der Waals surface area contributed by atoms with Gasteiger partial charge in [0, 0.05) is 0 Å². The fourth-order valence-corrected chi connectivity index (χ4v) is 10.7. The topological polar surface area (TPSA) is 29.7 Å². The van der Waals surface area contributed by atoms with Crippen molar-refractivity contribution < 1.29 is 4.57 Å². The Morgan fingerprint density at radius 3 is 2.07 bits per heavy atom. The van der Waals surface area contributed by atoms with E-state index in [1.165, 1.54) is 77.5 Å². The number of benzene rings is 7. The second kappa shape index (κ2) is 11.6. The number of rotatable bonds is 2. The van der Waals surface area contributed by atoms with Crippen LogP contribution < -0.4 is 4.57 Å². The summed E-state index contributed by atoms with van der Waals surface area (Å²) in [4.78, 5) is 11.3. The molecule has 1 spiro atoms.